The Morgan fingerprint density at radius 3 is 2.70 bits per heavy atom. The van der Waals surface area contributed by atoms with Crippen molar-refractivity contribution in [2.45, 2.75) is 13.3 Å². The van der Waals surface area contributed by atoms with Gasteiger partial charge in [0.25, 0.3) is 5.91 Å². The van der Waals surface area contributed by atoms with Crippen molar-refractivity contribution in [1.29, 1.82) is 0 Å². The molecule has 0 saturated carbocycles. The molecule has 3 heteroatoms. The lowest BCUT2D eigenvalue weighted by molar-refractivity contribution is -0.126. The highest BCUT2D eigenvalue weighted by Gasteiger charge is 2.19. The van der Waals surface area contributed by atoms with Gasteiger partial charge in [0.15, 0.2) is 0 Å². The van der Waals surface area contributed by atoms with Crippen LogP contribution in [0.2, 0.25) is 0 Å². The monoisotopic (exact) mass is 141 g/mol. The predicted molar refractivity (Wildman–Crippen MR) is 37.6 cm³/mol. The minimum absolute atomic E-state index is 0.0660. The number of rotatable bonds is 0. The van der Waals surface area contributed by atoms with Crippen LogP contribution in [0.3, 0.4) is 0 Å². The van der Waals surface area contributed by atoms with E-state index in [2.05, 4.69) is 0 Å². The maximum Gasteiger partial charge on any atom is 0.252 e. The lowest BCUT2D eigenvalue weighted by atomic mass is 10.1. The summed E-state index contributed by atoms with van der Waals surface area (Å²) in [5, 5.41) is 9.10. The third-order valence-corrected chi connectivity index (χ3v) is 1.78. The highest BCUT2D eigenvalue weighted by atomic mass is 16.3. The van der Waals surface area contributed by atoms with E-state index in [0.29, 0.717) is 18.5 Å². The number of amides is 1. The third kappa shape index (κ3) is 0.988. The van der Waals surface area contributed by atoms with Crippen LogP contribution < -0.4 is 0 Å². The van der Waals surface area contributed by atoms with Crippen LogP contribution in [-0.4, -0.2) is 29.5 Å². The molecule has 0 aromatic rings. The van der Waals surface area contributed by atoms with Crippen molar-refractivity contribution in [2.24, 2.45) is 0 Å². The minimum atomic E-state index is -0.0660. The lowest BCUT2D eigenvalue weighted by Gasteiger charge is -2.22. The fraction of sp³-hybridized carbons (Fsp3) is 0.571. The Bertz CT molecular complexity index is 196. The van der Waals surface area contributed by atoms with Crippen LogP contribution in [0, 0.1) is 0 Å². The molecule has 0 radical (unpaired) electrons. The standard InChI is InChI=1S/C7H11NO2/c1-5-6(9)3-4-8(2)7(5)10/h9H,3-4H2,1-2H3. The van der Waals surface area contributed by atoms with Crippen LogP contribution in [0.15, 0.2) is 11.3 Å². The van der Waals surface area contributed by atoms with Crippen LogP contribution in [-0.2, 0) is 4.79 Å². The van der Waals surface area contributed by atoms with Gasteiger partial charge in [-0.1, -0.05) is 0 Å². The molecule has 1 aliphatic rings. The molecule has 0 atom stereocenters. The molecule has 1 aliphatic heterocycles. The molecule has 10 heavy (non-hydrogen) atoms. The van der Waals surface area contributed by atoms with Gasteiger partial charge < -0.3 is 10.0 Å². The van der Waals surface area contributed by atoms with Crippen molar-refractivity contribution in [3.63, 3.8) is 0 Å². The smallest absolute Gasteiger partial charge is 0.252 e. The molecule has 0 bridgehead atoms. The van der Waals surface area contributed by atoms with Crippen LogP contribution in [0.5, 0.6) is 0 Å². The van der Waals surface area contributed by atoms with Gasteiger partial charge in [0.2, 0.25) is 0 Å². The number of nitrogens with zero attached hydrogens (tertiary/aromatic N) is 1. The highest BCUT2D eigenvalue weighted by molar-refractivity contribution is 5.93. The summed E-state index contributed by atoms with van der Waals surface area (Å²) >= 11 is 0. The Hall–Kier alpha value is -0.990. The summed E-state index contributed by atoms with van der Waals surface area (Å²) in [6.45, 7) is 2.27. The van der Waals surface area contributed by atoms with Crippen molar-refractivity contribution < 1.29 is 9.90 Å². The second-order valence-electron chi connectivity index (χ2n) is 2.55. The van der Waals surface area contributed by atoms with E-state index in [1.165, 1.54) is 0 Å². The molecule has 0 unspecified atom stereocenters. The van der Waals surface area contributed by atoms with Crippen molar-refractivity contribution >= 4 is 5.91 Å². The van der Waals surface area contributed by atoms with E-state index < -0.39 is 0 Å². The van der Waals surface area contributed by atoms with Crippen molar-refractivity contribution in [1.82, 2.24) is 4.90 Å². The van der Waals surface area contributed by atoms with Gasteiger partial charge in [-0.2, -0.15) is 0 Å². The Kier molecular flexibility index (Phi) is 1.66. The summed E-state index contributed by atoms with van der Waals surface area (Å²) in [6, 6.07) is 0. The average Bonchev–Trinajstić information content (AvgIpc) is 1.93. The third-order valence-electron chi connectivity index (χ3n) is 1.78. The number of likely N-dealkylation sites (N-methyl/N-ethyl adjacent to an activating group) is 1. The van der Waals surface area contributed by atoms with E-state index in [4.69, 9.17) is 5.11 Å². The SMILES string of the molecule is CC1=C(O)CCN(C)C1=O. The molecular formula is C7H11NO2. The molecule has 56 valence electrons. The first-order valence-electron chi connectivity index (χ1n) is 3.27. The summed E-state index contributed by atoms with van der Waals surface area (Å²) in [5.41, 5.74) is 0.480. The van der Waals surface area contributed by atoms with Gasteiger partial charge in [0.05, 0.1) is 5.57 Å². The van der Waals surface area contributed by atoms with Gasteiger partial charge in [-0.3, -0.25) is 4.79 Å². The molecule has 0 fully saturated rings. The number of aliphatic hydroxyl groups is 1. The van der Waals surface area contributed by atoms with E-state index in [1.807, 2.05) is 0 Å². The first kappa shape index (κ1) is 7.12. The number of hydrogen-bond acceptors (Lipinski definition) is 2. The quantitative estimate of drug-likeness (QED) is 0.539. The van der Waals surface area contributed by atoms with Crippen LogP contribution >= 0.6 is 0 Å². The van der Waals surface area contributed by atoms with E-state index in [1.54, 1.807) is 18.9 Å². The Morgan fingerprint density at radius 1 is 1.60 bits per heavy atom. The van der Waals surface area contributed by atoms with E-state index in [-0.39, 0.29) is 11.7 Å². The maximum atomic E-state index is 11.0. The fourth-order valence-corrected chi connectivity index (χ4v) is 0.972. The molecule has 0 spiro atoms. The summed E-state index contributed by atoms with van der Waals surface area (Å²) in [7, 11) is 1.73. The molecule has 0 aromatic carbocycles. The molecule has 0 aromatic heterocycles. The molecule has 1 heterocycles. The van der Waals surface area contributed by atoms with Crippen LogP contribution in [0.4, 0.5) is 0 Å². The van der Waals surface area contributed by atoms with Gasteiger partial charge >= 0.3 is 0 Å². The predicted octanol–water partition coefficient (Wildman–Crippen LogP) is 0.681. The van der Waals surface area contributed by atoms with Gasteiger partial charge in [-0.15, -0.1) is 0 Å². The fourth-order valence-electron chi connectivity index (χ4n) is 0.972. The van der Waals surface area contributed by atoms with Gasteiger partial charge in [0.1, 0.15) is 5.76 Å². The van der Waals surface area contributed by atoms with E-state index in [0.717, 1.165) is 0 Å². The lowest BCUT2D eigenvalue weighted by Crippen LogP contribution is -2.33. The maximum absolute atomic E-state index is 11.0. The topological polar surface area (TPSA) is 40.5 Å². The first-order chi connectivity index (χ1) is 4.63. The van der Waals surface area contributed by atoms with Crippen LogP contribution in [0.1, 0.15) is 13.3 Å². The first-order valence-corrected chi connectivity index (χ1v) is 3.27. The van der Waals surface area contributed by atoms with E-state index >= 15 is 0 Å². The molecule has 1 rings (SSSR count). The van der Waals surface area contributed by atoms with Crippen molar-refractivity contribution in [3.05, 3.63) is 11.3 Å². The Balaban J connectivity index is 2.88. The summed E-state index contributed by atoms with van der Waals surface area (Å²) < 4.78 is 0. The molecule has 0 aliphatic carbocycles. The summed E-state index contributed by atoms with van der Waals surface area (Å²) in [4.78, 5) is 12.6. The van der Waals surface area contributed by atoms with Crippen molar-refractivity contribution in [3.8, 4) is 0 Å². The Labute approximate surface area is 59.9 Å². The number of aliphatic hydroxyl groups excluding tert-OH is 1. The number of carbonyl (C=O) groups excluding carboxylic acids is 1. The minimum Gasteiger partial charge on any atom is -0.512 e. The average molecular weight is 141 g/mol. The normalized spacial score (nSPS) is 20.2. The molecule has 0 saturated heterocycles. The van der Waals surface area contributed by atoms with E-state index in [9.17, 15) is 4.79 Å². The van der Waals surface area contributed by atoms with Crippen molar-refractivity contribution in [2.75, 3.05) is 13.6 Å². The molecule has 3 nitrogen and oxygen atoms in total. The van der Waals surface area contributed by atoms with Crippen LogP contribution in [0.25, 0.3) is 0 Å². The molecular weight excluding hydrogens is 130 g/mol. The second kappa shape index (κ2) is 2.33. The zero-order chi connectivity index (χ0) is 7.72. The number of hydrogen-bond donors (Lipinski definition) is 1. The van der Waals surface area contributed by atoms with Gasteiger partial charge in [-0.05, 0) is 6.92 Å². The molecule has 1 amide bonds. The second-order valence-corrected chi connectivity index (χ2v) is 2.55. The van der Waals surface area contributed by atoms with Gasteiger partial charge in [-0.25, -0.2) is 0 Å². The molecule has 1 N–H and O–H groups in total. The van der Waals surface area contributed by atoms with Gasteiger partial charge in [0, 0.05) is 20.0 Å². The highest BCUT2D eigenvalue weighted by Crippen LogP contribution is 2.14. The summed E-state index contributed by atoms with van der Waals surface area (Å²) in [6.07, 6.45) is 0.591. The zero-order valence-corrected chi connectivity index (χ0v) is 6.22. The Morgan fingerprint density at radius 2 is 2.20 bits per heavy atom. The number of carbonyl (C=O) groups is 1. The largest absolute Gasteiger partial charge is 0.512 e. The zero-order valence-electron chi connectivity index (χ0n) is 6.22. The summed E-state index contributed by atoms with van der Waals surface area (Å²) in [5.74, 6) is 0.173.